The summed E-state index contributed by atoms with van der Waals surface area (Å²) in [5.41, 5.74) is 5.23. The van der Waals surface area contributed by atoms with Crippen LogP contribution < -0.4 is 26.8 Å². The van der Waals surface area contributed by atoms with Crippen LogP contribution in [0.15, 0.2) is 65.5 Å². The van der Waals surface area contributed by atoms with E-state index in [0.717, 1.165) is 54.4 Å². The van der Waals surface area contributed by atoms with Gasteiger partial charge in [-0.15, -0.1) is 0 Å². The minimum atomic E-state index is -1.06. The number of H-pyrrole nitrogens is 2. The molecule has 0 bridgehead atoms. The van der Waals surface area contributed by atoms with Gasteiger partial charge in [0.25, 0.3) is 11.5 Å². The summed E-state index contributed by atoms with van der Waals surface area (Å²) in [6.45, 7) is 2.34. The monoisotopic (exact) mass is 666 g/mol. The van der Waals surface area contributed by atoms with Gasteiger partial charge in [-0.25, -0.2) is 4.79 Å². The molecule has 3 aromatic carbocycles. The summed E-state index contributed by atoms with van der Waals surface area (Å²) >= 11 is 0. The highest BCUT2D eigenvalue weighted by Crippen LogP contribution is 2.29. The van der Waals surface area contributed by atoms with E-state index in [-0.39, 0.29) is 47.6 Å². The molecule has 0 spiro atoms. The maximum atomic E-state index is 13.7. The molecule has 49 heavy (non-hydrogen) atoms. The molecule has 0 unspecified atom stereocenters. The number of carboxylic acid groups (broad SMARTS) is 1. The van der Waals surface area contributed by atoms with Gasteiger partial charge < -0.3 is 26.4 Å². The zero-order valence-corrected chi connectivity index (χ0v) is 27.4. The number of carbonyl (C=O) groups excluding carboxylic acids is 3. The lowest BCUT2D eigenvalue weighted by Gasteiger charge is -2.29. The minimum Gasteiger partial charge on any atom is -0.465 e. The quantitative estimate of drug-likeness (QED) is 0.120. The molecule has 7 N–H and O–H groups in total. The van der Waals surface area contributed by atoms with Gasteiger partial charge in [-0.05, 0) is 110 Å². The van der Waals surface area contributed by atoms with Crippen molar-refractivity contribution in [3.05, 3.63) is 87.7 Å². The van der Waals surface area contributed by atoms with Gasteiger partial charge in [-0.2, -0.15) is 0 Å². The van der Waals surface area contributed by atoms with Crippen LogP contribution in [0.3, 0.4) is 0 Å². The maximum absolute atomic E-state index is 13.7. The SMILES string of the molecule is Cc1cc(C(=O)NC2CCC2)ccc1-c1ccc(C[C@H](NC(=O)[C@H]2CC[C@H](CNC(=O)O)CC2)C(=O)Nc2ccc3c(=O)[nH][nH]c3c2)cc1. The van der Waals surface area contributed by atoms with E-state index in [4.69, 9.17) is 5.11 Å². The molecule has 1 aromatic heterocycles. The summed E-state index contributed by atoms with van der Waals surface area (Å²) < 4.78 is 0. The van der Waals surface area contributed by atoms with Gasteiger partial charge in [-0.1, -0.05) is 30.3 Å². The lowest BCUT2D eigenvalue weighted by molar-refractivity contribution is -0.130. The van der Waals surface area contributed by atoms with Crippen LogP contribution in [0.5, 0.6) is 0 Å². The van der Waals surface area contributed by atoms with Crippen molar-refractivity contribution >= 4 is 40.4 Å². The number of hydrogen-bond acceptors (Lipinski definition) is 5. The summed E-state index contributed by atoms with van der Waals surface area (Å²) in [4.78, 5) is 62.6. The predicted octanol–water partition coefficient (Wildman–Crippen LogP) is 4.85. The Morgan fingerprint density at radius 3 is 2.33 bits per heavy atom. The molecule has 2 aliphatic carbocycles. The standard InChI is InChI=1S/C37H42N6O6/c1-21-17-26(34(45)39-27-3-2-4-27)13-15-29(21)24-9-5-22(6-10-24)18-32(36(47)40-28-14-16-30-31(19-28)42-43-35(30)46)41-33(44)25-11-7-23(8-12-25)20-38-37(48)49/h5-6,9-10,13-17,19,23,25,27,32,38H,2-4,7-8,11-12,18,20H2,1H3,(H,39,45)(H,40,47)(H,41,44)(H,48,49)(H2,42,43,46)/t23-,25-,32-/m0/s1. The highest BCUT2D eigenvalue weighted by atomic mass is 16.4. The fourth-order valence-corrected chi connectivity index (χ4v) is 6.71. The van der Waals surface area contributed by atoms with E-state index in [9.17, 15) is 24.0 Å². The fourth-order valence-electron chi connectivity index (χ4n) is 6.71. The molecule has 2 saturated carbocycles. The Morgan fingerprint density at radius 2 is 1.65 bits per heavy atom. The molecule has 0 saturated heterocycles. The van der Waals surface area contributed by atoms with E-state index in [1.807, 2.05) is 49.4 Å². The van der Waals surface area contributed by atoms with Gasteiger partial charge in [0.15, 0.2) is 0 Å². The molecular weight excluding hydrogens is 624 g/mol. The first-order valence-corrected chi connectivity index (χ1v) is 16.9. The van der Waals surface area contributed by atoms with Crippen molar-refractivity contribution in [1.82, 2.24) is 26.1 Å². The molecule has 2 aliphatic rings. The number of aromatic nitrogens is 2. The van der Waals surface area contributed by atoms with Crippen LogP contribution in [0.2, 0.25) is 0 Å². The third kappa shape index (κ3) is 8.19. The van der Waals surface area contributed by atoms with Gasteiger partial charge in [0.2, 0.25) is 11.8 Å². The van der Waals surface area contributed by atoms with Crippen molar-refractivity contribution in [2.24, 2.45) is 11.8 Å². The maximum Gasteiger partial charge on any atom is 0.404 e. The number of benzene rings is 3. The predicted molar refractivity (Wildman–Crippen MR) is 186 cm³/mol. The number of fused-ring (bicyclic) bond motifs is 1. The van der Waals surface area contributed by atoms with Crippen molar-refractivity contribution in [3.8, 4) is 11.1 Å². The van der Waals surface area contributed by atoms with Crippen molar-refractivity contribution in [1.29, 1.82) is 0 Å². The summed E-state index contributed by atoms with van der Waals surface area (Å²) in [6, 6.07) is 17.9. The van der Waals surface area contributed by atoms with Gasteiger partial charge in [0.1, 0.15) is 6.04 Å². The highest BCUT2D eigenvalue weighted by Gasteiger charge is 2.30. The Labute approximate surface area is 283 Å². The minimum absolute atomic E-state index is 0.0504. The second-order valence-corrected chi connectivity index (χ2v) is 13.3. The summed E-state index contributed by atoms with van der Waals surface area (Å²) in [6.07, 6.45) is 5.06. The van der Waals surface area contributed by atoms with E-state index in [2.05, 4.69) is 31.5 Å². The smallest absolute Gasteiger partial charge is 0.404 e. The Kier molecular flexibility index (Phi) is 10.1. The van der Waals surface area contributed by atoms with Crippen molar-refractivity contribution in [2.75, 3.05) is 11.9 Å². The number of aryl methyl sites for hydroxylation is 1. The first-order valence-electron chi connectivity index (χ1n) is 16.9. The van der Waals surface area contributed by atoms with Crippen molar-refractivity contribution < 1.29 is 24.3 Å². The molecule has 256 valence electrons. The van der Waals surface area contributed by atoms with Crippen LogP contribution in [0.4, 0.5) is 10.5 Å². The fraction of sp³-hybridized carbons (Fsp3) is 0.378. The average Bonchev–Trinajstić information content (AvgIpc) is 3.45. The first-order chi connectivity index (χ1) is 23.6. The third-order valence-electron chi connectivity index (χ3n) is 9.87. The zero-order valence-electron chi connectivity index (χ0n) is 27.4. The van der Waals surface area contributed by atoms with Gasteiger partial charge >= 0.3 is 6.09 Å². The van der Waals surface area contributed by atoms with Gasteiger partial charge in [0.05, 0.1) is 10.9 Å². The Balaban J connectivity index is 1.15. The highest BCUT2D eigenvalue weighted by molar-refractivity contribution is 5.99. The lowest BCUT2D eigenvalue weighted by atomic mass is 9.81. The number of anilines is 1. The van der Waals surface area contributed by atoms with Crippen molar-refractivity contribution in [2.45, 2.75) is 70.4 Å². The van der Waals surface area contributed by atoms with Crippen LogP contribution in [-0.2, 0) is 16.0 Å². The largest absolute Gasteiger partial charge is 0.465 e. The molecule has 1 heterocycles. The second kappa shape index (κ2) is 14.8. The Morgan fingerprint density at radius 1 is 0.898 bits per heavy atom. The number of rotatable bonds is 11. The Bertz CT molecular complexity index is 1900. The number of nitrogens with one attached hydrogen (secondary N) is 6. The molecule has 4 amide bonds. The Hall–Kier alpha value is -5.39. The van der Waals surface area contributed by atoms with Crippen LogP contribution in [0.25, 0.3) is 22.0 Å². The lowest BCUT2D eigenvalue weighted by Crippen LogP contribution is -2.48. The van der Waals surface area contributed by atoms with E-state index >= 15 is 0 Å². The molecule has 0 aliphatic heterocycles. The number of amides is 4. The van der Waals surface area contributed by atoms with E-state index < -0.39 is 12.1 Å². The molecule has 1 atom stereocenters. The molecule has 0 radical (unpaired) electrons. The number of hydrogen-bond donors (Lipinski definition) is 7. The van der Waals surface area contributed by atoms with Gasteiger partial charge in [-0.3, -0.25) is 29.4 Å². The molecule has 12 heteroatoms. The normalized spacial score (nSPS) is 18.2. The average molecular weight is 667 g/mol. The van der Waals surface area contributed by atoms with E-state index in [1.54, 1.807) is 18.2 Å². The van der Waals surface area contributed by atoms with E-state index in [0.29, 0.717) is 41.5 Å². The van der Waals surface area contributed by atoms with Crippen LogP contribution in [0.1, 0.15) is 66.4 Å². The molecular formula is C37H42N6O6. The molecule has 6 rings (SSSR count). The van der Waals surface area contributed by atoms with E-state index in [1.165, 1.54) is 0 Å². The zero-order chi connectivity index (χ0) is 34.5. The molecule has 4 aromatic rings. The molecule has 12 nitrogen and oxygen atoms in total. The summed E-state index contributed by atoms with van der Waals surface area (Å²) in [5, 5.41) is 26.1. The third-order valence-corrected chi connectivity index (χ3v) is 9.87. The summed E-state index contributed by atoms with van der Waals surface area (Å²) in [5.74, 6) is -0.742. The van der Waals surface area contributed by atoms with Crippen LogP contribution in [0, 0.1) is 18.8 Å². The second-order valence-electron chi connectivity index (χ2n) is 13.3. The summed E-state index contributed by atoms with van der Waals surface area (Å²) in [7, 11) is 0. The number of aromatic amines is 2. The molecule has 2 fully saturated rings. The first kappa shape index (κ1) is 33.5. The van der Waals surface area contributed by atoms with Crippen LogP contribution in [-0.4, -0.2) is 57.7 Å². The van der Waals surface area contributed by atoms with Gasteiger partial charge in [0, 0.05) is 36.2 Å². The number of carbonyl (C=O) groups is 4. The topological polar surface area (TPSA) is 185 Å². The van der Waals surface area contributed by atoms with Crippen LogP contribution >= 0.6 is 0 Å². The van der Waals surface area contributed by atoms with Crippen molar-refractivity contribution in [3.63, 3.8) is 0 Å².